The van der Waals surface area contributed by atoms with E-state index in [0.717, 1.165) is 40.1 Å². The first-order chi connectivity index (χ1) is 46.1. The third-order valence-corrected chi connectivity index (χ3v) is 19.0. The largest absolute Gasteiger partial charge is 0.296 e. The van der Waals surface area contributed by atoms with Crippen LogP contribution in [0.2, 0.25) is 0 Å². The van der Waals surface area contributed by atoms with Gasteiger partial charge in [-0.05, 0) is 203 Å². The molecule has 93 heavy (non-hydrogen) atoms. The van der Waals surface area contributed by atoms with Crippen molar-refractivity contribution in [3.05, 3.63) is 339 Å². The number of aryl methyl sites for hydroxylation is 1. The lowest BCUT2D eigenvalue weighted by atomic mass is 9.82. The van der Waals surface area contributed by atoms with Crippen molar-refractivity contribution in [1.29, 1.82) is 5.26 Å². The van der Waals surface area contributed by atoms with Gasteiger partial charge >= 0.3 is 0 Å². The van der Waals surface area contributed by atoms with E-state index in [1.54, 1.807) is 0 Å². The van der Waals surface area contributed by atoms with Crippen molar-refractivity contribution in [3.63, 3.8) is 0 Å². The molecule has 1 aliphatic rings. The van der Waals surface area contributed by atoms with E-state index in [9.17, 15) is 5.26 Å². The average molecular weight is 1180 g/mol. The standard InChI is InChI=1S/C49H29N.C41H30N2/c50-30-31-18-20-32(21-19-31)35-22-23-37-29-38(25-24-36(37)28-35)39-26-27-44-47-40(39)16-9-17-43(47)48-45(33-10-3-1-4-11-33)41-14-7-8-15-42(41)46(49(44)48)34-12-5-2-6-13-34;1-2-39-42-37-18-10-11-19-38(37)43(39)32-26-24-31(25-27-32)41-35-16-8-6-14-33(35)40(34-15-7-9-17-36(34)41)30-22-20-29(21-23-30)28-12-4-3-5-13-28/h1-29H;3-27H,2H2,1H3. The van der Waals surface area contributed by atoms with Crippen LogP contribution in [0.4, 0.5) is 0 Å². The van der Waals surface area contributed by atoms with E-state index >= 15 is 0 Å². The van der Waals surface area contributed by atoms with E-state index in [1.807, 2.05) is 24.3 Å². The monoisotopic (exact) mass is 1180 g/mol. The van der Waals surface area contributed by atoms with E-state index in [-0.39, 0.29) is 0 Å². The highest BCUT2D eigenvalue weighted by Gasteiger charge is 2.31. The number of nitrogens with zero attached hydrogens (tertiary/aromatic N) is 3. The molecule has 18 rings (SSSR count). The summed E-state index contributed by atoms with van der Waals surface area (Å²) < 4.78 is 2.29. The molecule has 0 amide bonds. The van der Waals surface area contributed by atoms with Crippen molar-refractivity contribution in [2.75, 3.05) is 0 Å². The maximum atomic E-state index is 9.21. The summed E-state index contributed by atoms with van der Waals surface area (Å²) in [5.74, 6) is 1.08. The zero-order valence-electron chi connectivity index (χ0n) is 51.2. The van der Waals surface area contributed by atoms with E-state index in [4.69, 9.17) is 4.98 Å². The van der Waals surface area contributed by atoms with Gasteiger partial charge in [0.05, 0.1) is 22.7 Å². The molecule has 1 heterocycles. The van der Waals surface area contributed by atoms with Crippen LogP contribution in [0.15, 0.2) is 328 Å². The third-order valence-electron chi connectivity index (χ3n) is 19.0. The summed E-state index contributed by atoms with van der Waals surface area (Å²) in [6, 6.07) is 120. The van der Waals surface area contributed by atoms with E-state index in [2.05, 4.69) is 321 Å². The molecule has 3 heteroatoms. The number of benzene rings is 16. The molecule has 0 atom stereocenters. The van der Waals surface area contributed by atoms with Gasteiger partial charge in [-0.2, -0.15) is 5.26 Å². The van der Waals surface area contributed by atoms with Crippen LogP contribution >= 0.6 is 0 Å². The molecule has 16 aromatic carbocycles. The number of imidazole rings is 1. The number of rotatable bonds is 9. The Hall–Kier alpha value is -12.2. The molecule has 1 aromatic heterocycles. The molecule has 0 spiro atoms. The molecule has 0 saturated heterocycles. The van der Waals surface area contributed by atoms with Crippen molar-refractivity contribution in [1.82, 2.24) is 9.55 Å². The maximum absolute atomic E-state index is 9.21. The molecule has 17 aromatic rings. The summed E-state index contributed by atoms with van der Waals surface area (Å²) in [7, 11) is 0. The SMILES string of the molecule is CCc1nc2ccccc2n1-c1ccc(-c2c3ccccc3c(-c3ccc(-c4ccccc4)cc3)c3ccccc23)cc1.N#Cc1ccc(-c2ccc3cc(-c4ccc5c6c(cccc46)-c4c-5c(-c5ccccc5)c5ccccc5c4-c4ccccc4)ccc3c2)cc1. The van der Waals surface area contributed by atoms with E-state index < -0.39 is 0 Å². The summed E-state index contributed by atoms with van der Waals surface area (Å²) in [5, 5.41) is 21.8. The Balaban J connectivity index is 0.000000144. The van der Waals surface area contributed by atoms with Gasteiger partial charge in [0.1, 0.15) is 5.82 Å². The number of aromatic nitrogens is 2. The van der Waals surface area contributed by atoms with Crippen LogP contribution in [0.5, 0.6) is 0 Å². The molecule has 0 N–H and O–H groups in total. The van der Waals surface area contributed by atoms with Crippen LogP contribution in [0.3, 0.4) is 0 Å². The van der Waals surface area contributed by atoms with Crippen molar-refractivity contribution in [2.24, 2.45) is 0 Å². The van der Waals surface area contributed by atoms with E-state index in [0.29, 0.717) is 5.56 Å². The summed E-state index contributed by atoms with van der Waals surface area (Å²) in [5.41, 5.74) is 26.4. The molecule has 0 aliphatic heterocycles. The molecule has 3 nitrogen and oxygen atoms in total. The molecule has 0 bridgehead atoms. The number of para-hydroxylation sites is 2. The second kappa shape index (κ2) is 23.0. The minimum absolute atomic E-state index is 0.675. The molecule has 0 radical (unpaired) electrons. The zero-order valence-corrected chi connectivity index (χ0v) is 51.2. The fourth-order valence-corrected chi connectivity index (χ4v) is 14.8. The summed E-state index contributed by atoms with van der Waals surface area (Å²) in [6.45, 7) is 2.17. The van der Waals surface area contributed by atoms with E-state index in [1.165, 1.54) is 143 Å². The number of fused-ring (bicyclic) bond motifs is 8. The maximum Gasteiger partial charge on any atom is 0.114 e. The van der Waals surface area contributed by atoms with Crippen molar-refractivity contribution >= 4 is 64.9 Å². The smallest absolute Gasteiger partial charge is 0.114 e. The highest BCUT2D eigenvalue weighted by atomic mass is 15.1. The first kappa shape index (κ1) is 54.9. The van der Waals surface area contributed by atoms with Gasteiger partial charge in [0, 0.05) is 12.1 Å². The summed E-state index contributed by atoms with van der Waals surface area (Å²) >= 11 is 0. The van der Waals surface area contributed by atoms with Gasteiger partial charge in [-0.25, -0.2) is 4.98 Å². The normalized spacial score (nSPS) is 11.5. The van der Waals surface area contributed by atoms with Crippen LogP contribution in [0.25, 0.3) is 171 Å². The second-order valence-corrected chi connectivity index (χ2v) is 24.2. The lowest BCUT2D eigenvalue weighted by molar-refractivity contribution is 0.908. The lowest BCUT2D eigenvalue weighted by Crippen LogP contribution is -2.00. The summed E-state index contributed by atoms with van der Waals surface area (Å²) in [4.78, 5) is 4.89. The second-order valence-electron chi connectivity index (χ2n) is 24.2. The average Bonchev–Trinajstić information content (AvgIpc) is 1.57. The Morgan fingerprint density at radius 1 is 0.301 bits per heavy atom. The van der Waals surface area contributed by atoms with Crippen LogP contribution in [0.1, 0.15) is 18.3 Å². The highest BCUT2D eigenvalue weighted by Crippen LogP contribution is 2.59. The predicted octanol–water partition coefficient (Wildman–Crippen LogP) is 24.2. The minimum Gasteiger partial charge on any atom is -0.296 e. The molecule has 0 unspecified atom stereocenters. The molecule has 1 aliphatic carbocycles. The molecular formula is C90H59N3. The number of hydrogen-bond acceptors (Lipinski definition) is 2. The number of hydrogen-bond donors (Lipinski definition) is 0. The zero-order chi connectivity index (χ0) is 61.9. The highest BCUT2D eigenvalue weighted by molar-refractivity contribution is 6.29. The predicted molar refractivity (Wildman–Crippen MR) is 392 cm³/mol. The summed E-state index contributed by atoms with van der Waals surface area (Å²) in [6.07, 6.45) is 0.875. The van der Waals surface area contributed by atoms with Gasteiger partial charge in [0.2, 0.25) is 0 Å². The topological polar surface area (TPSA) is 41.6 Å². The third kappa shape index (κ3) is 9.38. The van der Waals surface area contributed by atoms with Crippen LogP contribution in [-0.4, -0.2) is 9.55 Å². The van der Waals surface area contributed by atoms with Crippen molar-refractivity contribution in [3.8, 4) is 112 Å². The quantitative estimate of drug-likeness (QED) is 0.135. The van der Waals surface area contributed by atoms with Crippen molar-refractivity contribution < 1.29 is 0 Å². The van der Waals surface area contributed by atoms with Gasteiger partial charge in [-0.15, -0.1) is 0 Å². The molecule has 0 fully saturated rings. The van der Waals surface area contributed by atoms with Crippen LogP contribution in [0, 0.1) is 11.3 Å². The lowest BCUT2D eigenvalue weighted by Gasteiger charge is -2.20. The molecule has 434 valence electrons. The Kier molecular flexibility index (Phi) is 13.6. The number of nitriles is 1. The van der Waals surface area contributed by atoms with Gasteiger partial charge < -0.3 is 0 Å². The first-order valence-corrected chi connectivity index (χ1v) is 32.0. The van der Waals surface area contributed by atoms with Crippen molar-refractivity contribution in [2.45, 2.75) is 13.3 Å². The Labute approximate surface area is 540 Å². The Morgan fingerprint density at radius 3 is 1.24 bits per heavy atom. The fourth-order valence-electron chi connectivity index (χ4n) is 14.8. The Morgan fingerprint density at radius 2 is 0.688 bits per heavy atom. The first-order valence-electron chi connectivity index (χ1n) is 32.0. The Bertz CT molecular complexity index is 5650. The van der Waals surface area contributed by atoms with Crippen LogP contribution < -0.4 is 0 Å². The minimum atomic E-state index is 0.675. The van der Waals surface area contributed by atoms with Gasteiger partial charge in [0.25, 0.3) is 0 Å². The van der Waals surface area contributed by atoms with Gasteiger partial charge in [-0.3, -0.25) is 4.57 Å². The fraction of sp³-hybridized carbons (Fsp3) is 0.0222. The molecular weight excluding hydrogens is 1120 g/mol. The van der Waals surface area contributed by atoms with Gasteiger partial charge in [-0.1, -0.05) is 286 Å². The van der Waals surface area contributed by atoms with Gasteiger partial charge in [0.15, 0.2) is 0 Å². The molecule has 0 saturated carbocycles. The van der Waals surface area contributed by atoms with Crippen LogP contribution in [-0.2, 0) is 6.42 Å².